The van der Waals surface area contributed by atoms with Crippen LogP contribution >= 0.6 is 0 Å². The van der Waals surface area contributed by atoms with Crippen LogP contribution in [0, 0.1) is 5.92 Å². The van der Waals surface area contributed by atoms with Gasteiger partial charge in [0.2, 0.25) is 29.4 Å². The first-order chi connectivity index (χ1) is 17.3. The SMILES string of the molecule is CC(=O)NCCCCC(NC(=O)C(NC(C)=O)C(C)C)C(=O)NC(CCC(=O)C=[N+]=[N-])C(=O)OC(C)C. The van der Waals surface area contributed by atoms with E-state index in [-0.39, 0.29) is 31.1 Å². The predicted octanol–water partition coefficient (Wildman–Crippen LogP) is 0.0246. The van der Waals surface area contributed by atoms with Crippen LogP contribution in [0.1, 0.15) is 73.6 Å². The molecule has 0 rings (SSSR count). The zero-order valence-electron chi connectivity index (χ0n) is 22.5. The molecule has 0 heterocycles. The highest BCUT2D eigenvalue weighted by molar-refractivity contribution is 6.25. The van der Waals surface area contributed by atoms with E-state index in [0.29, 0.717) is 25.6 Å². The quantitative estimate of drug-likeness (QED) is 0.0676. The molecule has 13 heteroatoms. The Morgan fingerprint density at radius 1 is 0.838 bits per heavy atom. The van der Waals surface area contributed by atoms with Gasteiger partial charge in [-0.05, 0) is 45.4 Å². The van der Waals surface area contributed by atoms with E-state index in [2.05, 4.69) is 26.1 Å². The van der Waals surface area contributed by atoms with Crippen LogP contribution in [-0.4, -0.2) is 77.2 Å². The first kappa shape index (κ1) is 33.4. The van der Waals surface area contributed by atoms with E-state index in [1.807, 2.05) is 0 Å². The number of hydrogen-bond donors (Lipinski definition) is 4. The van der Waals surface area contributed by atoms with Crippen molar-refractivity contribution in [2.24, 2.45) is 5.92 Å². The Kier molecular flexibility index (Phi) is 16.0. The molecular weight excluding hydrogens is 484 g/mol. The van der Waals surface area contributed by atoms with Crippen LogP contribution in [0.4, 0.5) is 0 Å². The molecular formula is C24H40N6O7. The fraction of sp³-hybridized carbons (Fsp3) is 0.708. The van der Waals surface area contributed by atoms with Crippen molar-refractivity contribution in [1.29, 1.82) is 0 Å². The van der Waals surface area contributed by atoms with Crippen molar-refractivity contribution in [3.63, 3.8) is 0 Å². The number of nitrogens with zero attached hydrogens (tertiary/aromatic N) is 2. The van der Waals surface area contributed by atoms with E-state index in [4.69, 9.17) is 10.3 Å². The summed E-state index contributed by atoms with van der Waals surface area (Å²) in [6.07, 6.45) is 1.07. The summed E-state index contributed by atoms with van der Waals surface area (Å²) in [4.78, 5) is 75.7. The summed E-state index contributed by atoms with van der Waals surface area (Å²) in [5, 5.41) is 10.4. The predicted molar refractivity (Wildman–Crippen MR) is 134 cm³/mol. The van der Waals surface area contributed by atoms with Crippen LogP contribution in [0.5, 0.6) is 0 Å². The molecule has 0 saturated heterocycles. The van der Waals surface area contributed by atoms with Crippen molar-refractivity contribution in [3.8, 4) is 0 Å². The Morgan fingerprint density at radius 3 is 1.97 bits per heavy atom. The molecule has 0 aromatic heterocycles. The van der Waals surface area contributed by atoms with Gasteiger partial charge in [0.1, 0.15) is 18.1 Å². The minimum Gasteiger partial charge on any atom is -0.461 e. The lowest BCUT2D eigenvalue weighted by molar-refractivity contribution is -0.152. The molecule has 0 aromatic carbocycles. The Bertz CT molecular complexity index is 868. The maximum absolute atomic E-state index is 13.2. The lowest BCUT2D eigenvalue weighted by atomic mass is 10.0. The second-order valence-corrected chi connectivity index (χ2v) is 9.26. The topological polar surface area (TPSA) is 196 Å². The van der Waals surface area contributed by atoms with Crippen LogP contribution in [0.15, 0.2) is 0 Å². The third-order valence-electron chi connectivity index (χ3n) is 5.07. The number of rotatable bonds is 17. The standard InChI is InChI=1S/C24H40N6O7/c1-14(2)21(28-17(6)32)23(35)29-19(9-7-8-12-26-16(5)31)22(34)30-20(24(36)37-15(3)4)11-10-18(33)13-27-25/h13-15,19-21H,7-12H2,1-6H3,(H,26,31)(H,28,32)(H,29,35)(H,30,34). The van der Waals surface area contributed by atoms with Gasteiger partial charge in [0.25, 0.3) is 0 Å². The van der Waals surface area contributed by atoms with Crippen molar-refractivity contribution >= 4 is 41.6 Å². The fourth-order valence-electron chi connectivity index (χ4n) is 3.27. The minimum atomic E-state index is -1.19. The molecule has 0 saturated carbocycles. The van der Waals surface area contributed by atoms with Gasteiger partial charge in [-0.1, -0.05) is 13.8 Å². The van der Waals surface area contributed by atoms with Crippen LogP contribution < -0.4 is 21.3 Å². The Balaban J connectivity index is 5.67. The molecule has 13 nitrogen and oxygen atoms in total. The second kappa shape index (κ2) is 17.8. The number of amides is 4. The molecule has 4 N–H and O–H groups in total. The van der Waals surface area contributed by atoms with Gasteiger partial charge in [-0.2, -0.15) is 4.79 Å². The van der Waals surface area contributed by atoms with E-state index in [0.717, 1.165) is 0 Å². The number of ether oxygens (including phenoxy) is 1. The molecule has 37 heavy (non-hydrogen) atoms. The number of hydrogen-bond acceptors (Lipinski definition) is 7. The van der Waals surface area contributed by atoms with Crippen LogP contribution in [0.25, 0.3) is 5.53 Å². The minimum absolute atomic E-state index is 0.119. The average Bonchev–Trinajstić information content (AvgIpc) is 2.77. The number of carbonyl (C=O) groups excluding carboxylic acids is 6. The molecule has 0 fully saturated rings. The zero-order chi connectivity index (χ0) is 28.5. The van der Waals surface area contributed by atoms with Gasteiger partial charge >= 0.3 is 12.2 Å². The fourth-order valence-corrected chi connectivity index (χ4v) is 3.27. The monoisotopic (exact) mass is 524 g/mol. The van der Waals surface area contributed by atoms with Crippen molar-refractivity contribution in [3.05, 3.63) is 5.53 Å². The smallest absolute Gasteiger partial charge is 0.328 e. The van der Waals surface area contributed by atoms with Gasteiger partial charge in [-0.3, -0.25) is 24.0 Å². The number of carbonyl (C=O) groups is 6. The molecule has 208 valence electrons. The van der Waals surface area contributed by atoms with E-state index in [1.54, 1.807) is 27.7 Å². The first-order valence-corrected chi connectivity index (χ1v) is 12.3. The maximum atomic E-state index is 13.2. The van der Waals surface area contributed by atoms with Gasteiger partial charge in [0, 0.05) is 26.8 Å². The number of ketones is 1. The van der Waals surface area contributed by atoms with Gasteiger partial charge < -0.3 is 31.5 Å². The number of Topliss-reactive ketones (excluding diaryl/α,β-unsaturated/α-hetero) is 1. The van der Waals surface area contributed by atoms with Gasteiger partial charge in [-0.15, -0.1) is 0 Å². The van der Waals surface area contributed by atoms with Crippen LogP contribution in [-0.2, 0) is 33.5 Å². The van der Waals surface area contributed by atoms with E-state index >= 15 is 0 Å². The van der Waals surface area contributed by atoms with E-state index in [1.165, 1.54) is 13.8 Å². The summed E-state index contributed by atoms with van der Waals surface area (Å²) in [5.41, 5.74) is 8.52. The molecule has 0 radical (unpaired) electrons. The molecule has 0 aromatic rings. The van der Waals surface area contributed by atoms with Gasteiger partial charge in [0.05, 0.1) is 6.10 Å². The molecule has 3 atom stereocenters. The van der Waals surface area contributed by atoms with Crippen LogP contribution in [0.3, 0.4) is 0 Å². The van der Waals surface area contributed by atoms with E-state index < -0.39 is 53.7 Å². The highest BCUT2D eigenvalue weighted by atomic mass is 16.5. The first-order valence-electron chi connectivity index (χ1n) is 12.3. The second-order valence-electron chi connectivity index (χ2n) is 9.26. The maximum Gasteiger partial charge on any atom is 0.328 e. The zero-order valence-corrected chi connectivity index (χ0v) is 22.5. The van der Waals surface area contributed by atoms with Crippen molar-refractivity contribution in [2.75, 3.05) is 6.54 Å². The summed E-state index contributed by atoms with van der Waals surface area (Å²) >= 11 is 0. The summed E-state index contributed by atoms with van der Waals surface area (Å²) in [6.45, 7) is 9.80. The van der Waals surface area contributed by atoms with Crippen molar-refractivity contribution in [1.82, 2.24) is 21.3 Å². The molecule has 3 unspecified atom stereocenters. The third-order valence-corrected chi connectivity index (χ3v) is 5.07. The number of unbranched alkanes of at least 4 members (excludes halogenated alkanes) is 1. The Hall–Kier alpha value is -3.60. The molecule has 4 amide bonds. The van der Waals surface area contributed by atoms with Crippen molar-refractivity contribution < 1.29 is 38.3 Å². The van der Waals surface area contributed by atoms with Crippen LogP contribution in [0.2, 0.25) is 0 Å². The summed E-state index contributed by atoms with van der Waals surface area (Å²) < 4.78 is 5.19. The molecule has 0 aliphatic carbocycles. The lowest BCUT2D eigenvalue weighted by Crippen LogP contribution is -2.57. The molecule has 0 aliphatic rings. The third kappa shape index (κ3) is 15.2. The summed E-state index contributed by atoms with van der Waals surface area (Å²) in [7, 11) is 0. The van der Waals surface area contributed by atoms with Crippen molar-refractivity contribution in [2.45, 2.75) is 97.9 Å². The molecule has 0 bridgehead atoms. The molecule has 0 aliphatic heterocycles. The average molecular weight is 525 g/mol. The summed E-state index contributed by atoms with van der Waals surface area (Å²) in [5.74, 6) is -3.42. The van der Waals surface area contributed by atoms with Gasteiger partial charge in [-0.25, -0.2) is 4.79 Å². The highest BCUT2D eigenvalue weighted by Crippen LogP contribution is 2.09. The molecule has 0 spiro atoms. The van der Waals surface area contributed by atoms with Gasteiger partial charge in [0.15, 0.2) is 0 Å². The lowest BCUT2D eigenvalue weighted by Gasteiger charge is -2.26. The summed E-state index contributed by atoms with van der Waals surface area (Å²) in [6, 6.07) is -3.14. The largest absolute Gasteiger partial charge is 0.461 e. The number of nitrogens with one attached hydrogen (secondary N) is 4. The van der Waals surface area contributed by atoms with E-state index in [9.17, 15) is 28.8 Å². The highest BCUT2D eigenvalue weighted by Gasteiger charge is 2.31. The number of esters is 1. The Labute approximate surface area is 217 Å². The normalized spacial score (nSPS) is 13.0. The Morgan fingerprint density at radius 2 is 1.46 bits per heavy atom.